The lowest BCUT2D eigenvalue weighted by molar-refractivity contribution is -0.119. The maximum absolute atomic E-state index is 12.3. The fraction of sp³-hybridized carbons (Fsp3) is 0.105. The third kappa shape index (κ3) is 4.66. The zero-order valence-electron chi connectivity index (χ0n) is 14.2. The first-order valence-corrected chi connectivity index (χ1v) is 9.47. The van der Waals surface area contributed by atoms with Gasteiger partial charge in [-0.25, -0.2) is 9.78 Å². The Hall–Kier alpha value is -2.41. The highest BCUT2D eigenvalue weighted by Crippen LogP contribution is 2.30. The fourth-order valence-electron chi connectivity index (χ4n) is 2.28. The van der Waals surface area contributed by atoms with E-state index in [1.54, 1.807) is 25.1 Å². The number of nitrogens with zero attached hydrogens (tertiary/aromatic N) is 1. The van der Waals surface area contributed by atoms with Gasteiger partial charge in [0.1, 0.15) is 9.88 Å². The number of ether oxygens (including phenoxy) is 1. The normalized spacial score (nSPS) is 10.5. The lowest BCUT2D eigenvalue weighted by atomic mass is 10.2. The maximum atomic E-state index is 12.3. The van der Waals surface area contributed by atoms with Crippen LogP contribution < -0.4 is 5.32 Å². The van der Waals surface area contributed by atoms with Gasteiger partial charge in [0.25, 0.3) is 5.91 Å². The van der Waals surface area contributed by atoms with Crippen molar-refractivity contribution in [2.45, 2.75) is 6.92 Å². The van der Waals surface area contributed by atoms with E-state index in [4.69, 9.17) is 27.9 Å². The Labute approximate surface area is 169 Å². The number of anilines is 1. The summed E-state index contributed by atoms with van der Waals surface area (Å²) in [5.74, 6) is -1.14. The van der Waals surface area contributed by atoms with Crippen LogP contribution in [-0.2, 0) is 9.53 Å². The predicted molar refractivity (Wildman–Crippen MR) is 108 cm³/mol. The quantitative estimate of drug-likeness (QED) is 0.574. The monoisotopic (exact) mass is 420 g/mol. The van der Waals surface area contributed by atoms with Crippen LogP contribution in [0.4, 0.5) is 5.69 Å². The van der Waals surface area contributed by atoms with E-state index in [1.807, 2.05) is 30.3 Å². The number of nitrogens with one attached hydrogen (secondary N) is 1. The molecule has 3 rings (SSSR count). The molecule has 8 heteroatoms. The van der Waals surface area contributed by atoms with Gasteiger partial charge in [-0.2, -0.15) is 0 Å². The zero-order valence-corrected chi connectivity index (χ0v) is 16.5. The van der Waals surface area contributed by atoms with Crippen LogP contribution in [-0.4, -0.2) is 23.5 Å². The number of hydrogen-bond donors (Lipinski definition) is 1. The summed E-state index contributed by atoms with van der Waals surface area (Å²) in [7, 11) is 0. The molecule has 0 bridgehead atoms. The van der Waals surface area contributed by atoms with Crippen LogP contribution in [0, 0.1) is 6.92 Å². The number of halogens is 2. The molecule has 0 aliphatic rings. The number of rotatable bonds is 5. The second kappa shape index (κ2) is 8.52. The molecule has 138 valence electrons. The van der Waals surface area contributed by atoms with E-state index in [2.05, 4.69) is 10.3 Å². The Balaban J connectivity index is 1.64. The van der Waals surface area contributed by atoms with Crippen molar-refractivity contribution < 1.29 is 14.3 Å². The van der Waals surface area contributed by atoms with Crippen LogP contribution in [0.2, 0.25) is 10.0 Å². The fourth-order valence-corrected chi connectivity index (χ4v) is 3.74. The minimum Gasteiger partial charge on any atom is -0.451 e. The number of benzene rings is 2. The molecule has 2 aromatic carbocycles. The standard InChI is InChI=1S/C19H14Cl2N2O3S/c1-11-17(27-18(22-11)12-6-3-2-4-7-12)19(25)26-10-15(24)23-16-13(20)8-5-9-14(16)21/h2-9H,10H2,1H3,(H,23,24). The largest absolute Gasteiger partial charge is 0.451 e. The third-order valence-corrected chi connectivity index (χ3v) is 5.38. The number of esters is 1. The van der Waals surface area contributed by atoms with E-state index in [9.17, 15) is 9.59 Å². The molecule has 0 saturated heterocycles. The van der Waals surface area contributed by atoms with Crippen molar-refractivity contribution in [3.05, 3.63) is 69.1 Å². The average molecular weight is 421 g/mol. The van der Waals surface area contributed by atoms with E-state index >= 15 is 0 Å². The molecule has 0 fully saturated rings. The molecule has 0 spiro atoms. The highest BCUT2D eigenvalue weighted by atomic mass is 35.5. The number of carbonyl (C=O) groups excluding carboxylic acids is 2. The van der Waals surface area contributed by atoms with Crippen molar-refractivity contribution in [2.24, 2.45) is 0 Å². The van der Waals surface area contributed by atoms with Gasteiger partial charge in [0.2, 0.25) is 0 Å². The minimum atomic E-state index is -0.604. The van der Waals surface area contributed by atoms with Gasteiger partial charge in [-0.3, -0.25) is 4.79 Å². The first-order chi connectivity index (χ1) is 13.0. The molecule has 3 aromatic rings. The van der Waals surface area contributed by atoms with Crippen molar-refractivity contribution in [1.29, 1.82) is 0 Å². The molecular formula is C19H14Cl2N2O3S. The topological polar surface area (TPSA) is 68.3 Å². The average Bonchev–Trinajstić information content (AvgIpc) is 3.05. The number of amides is 1. The van der Waals surface area contributed by atoms with Gasteiger partial charge in [-0.1, -0.05) is 59.6 Å². The molecule has 5 nitrogen and oxygen atoms in total. The van der Waals surface area contributed by atoms with E-state index in [0.29, 0.717) is 25.6 Å². The van der Waals surface area contributed by atoms with Gasteiger partial charge >= 0.3 is 5.97 Å². The lowest BCUT2D eigenvalue weighted by Crippen LogP contribution is -2.21. The molecular weight excluding hydrogens is 407 g/mol. The number of para-hydroxylation sites is 1. The van der Waals surface area contributed by atoms with Gasteiger partial charge < -0.3 is 10.1 Å². The van der Waals surface area contributed by atoms with Crippen molar-refractivity contribution >= 4 is 52.1 Å². The highest BCUT2D eigenvalue weighted by molar-refractivity contribution is 7.17. The number of aromatic nitrogens is 1. The summed E-state index contributed by atoms with van der Waals surface area (Å²) >= 11 is 13.2. The molecule has 0 aliphatic carbocycles. The van der Waals surface area contributed by atoms with Crippen LogP contribution >= 0.6 is 34.5 Å². The van der Waals surface area contributed by atoms with Crippen LogP contribution in [0.1, 0.15) is 15.4 Å². The predicted octanol–water partition coefficient (Wildman–Crippen LogP) is 5.22. The van der Waals surface area contributed by atoms with Gasteiger partial charge in [0.05, 0.1) is 21.4 Å². The van der Waals surface area contributed by atoms with Crippen molar-refractivity contribution in [1.82, 2.24) is 4.98 Å². The summed E-state index contributed by atoms with van der Waals surface area (Å²) in [4.78, 5) is 29.1. The lowest BCUT2D eigenvalue weighted by Gasteiger charge is -2.09. The van der Waals surface area contributed by atoms with Crippen molar-refractivity contribution in [2.75, 3.05) is 11.9 Å². The Bertz CT molecular complexity index is 970. The van der Waals surface area contributed by atoms with Gasteiger partial charge in [0.15, 0.2) is 6.61 Å². The first kappa shape index (κ1) is 19.4. The number of thiazole rings is 1. The highest BCUT2D eigenvalue weighted by Gasteiger charge is 2.19. The molecule has 0 unspecified atom stereocenters. The van der Waals surface area contributed by atoms with E-state index < -0.39 is 18.5 Å². The third-order valence-electron chi connectivity index (χ3n) is 3.56. The molecule has 1 amide bonds. The van der Waals surface area contributed by atoms with E-state index in [-0.39, 0.29) is 5.69 Å². The van der Waals surface area contributed by atoms with Crippen LogP contribution in [0.3, 0.4) is 0 Å². The second-order valence-electron chi connectivity index (χ2n) is 5.52. The van der Waals surface area contributed by atoms with E-state index in [0.717, 1.165) is 5.56 Å². The van der Waals surface area contributed by atoms with Crippen molar-refractivity contribution in [3.63, 3.8) is 0 Å². The SMILES string of the molecule is Cc1nc(-c2ccccc2)sc1C(=O)OCC(=O)Nc1c(Cl)cccc1Cl. The summed E-state index contributed by atoms with van der Waals surface area (Å²) in [6.07, 6.45) is 0. The molecule has 0 atom stereocenters. The van der Waals surface area contributed by atoms with Gasteiger partial charge in [0, 0.05) is 5.56 Å². The number of hydrogen-bond acceptors (Lipinski definition) is 5. The van der Waals surface area contributed by atoms with Crippen LogP contribution in [0.5, 0.6) is 0 Å². The van der Waals surface area contributed by atoms with Gasteiger partial charge in [-0.05, 0) is 19.1 Å². The maximum Gasteiger partial charge on any atom is 0.350 e. The van der Waals surface area contributed by atoms with E-state index in [1.165, 1.54) is 11.3 Å². The van der Waals surface area contributed by atoms with Gasteiger partial charge in [-0.15, -0.1) is 11.3 Å². The summed E-state index contributed by atoms with van der Waals surface area (Å²) in [6.45, 7) is 1.27. The molecule has 1 aromatic heterocycles. The smallest absolute Gasteiger partial charge is 0.350 e. The second-order valence-corrected chi connectivity index (χ2v) is 7.33. The Kier molecular flexibility index (Phi) is 6.11. The Morgan fingerprint density at radius 2 is 1.74 bits per heavy atom. The molecule has 0 aliphatic heterocycles. The number of aryl methyl sites for hydroxylation is 1. The minimum absolute atomic E-state index is 0.280. The molecule has 27 heavy (non-hydrogen) atoms. The van der Waals surface area contributed by atoms with Crippen LogP contribution in [0.25, 0.3) is 10.6 Å². The summed E-state index contributed by atoms with van der Waals surface area (Å²) in [6, 6.07) is 14.4. The molecule has 1 heterocycles. The summed E-state index contributed by atoms with van der Waals surface area (Å²) in [5.41, 5.74) is 1.75. The van der Waals surface area contributed by atoms with Crippen LogP contribution in [0.15, 0.2) is 48.5 Å². The summed E-state index contributed by atoms with van der Waals surface area (Å²) in [5, 5.41) is 3.85. The Morgan fingerprint density at radius 1 is 1.07 bits per heavy atom. The number of carbonyl (C=O) groups is 2. The zero-order chi connectivity index (χ0) is 19.4. The molecule has 0 saturated carbocycles. The molecule has 1 N–H and O–H groups in total. The van der Waals surface area contributed by atoms with Crippen molar-refractivity contribution in [3.8, 4) is 10.6 Å². The Morgan fingerprint density at radius 3 is 2.41 bits per heavy atom. The first-order valence-electron chi connectivity index (χ1n) is 7.89. The summed E-state index contributed by atoms with van der Waals surface area (Å²) < 4.78 is 5.11. The molecule has 0 radical (unpaired) electrons.